The average molecular weight is 413 g/mol. The van der Waals surface area contributed by atoms with Gasteiger partial charge in [0.2, 0.25) is 11.8 Å². The molecule has 1 fully saturated rings. The van der Waals surface area contributed by atoms with Crippen LogP contribution in [-0.2, 0) is 9.59 Å². The minimum Gasteiger partial charge on any atom is -0.343 e. The van der Waals surface area contributed by atoms with Gasteiger partial charge in [-0.15, -0.1) is 0 Å². The van der Waals surface area contributed by atoms with Crippen molar-refractivity contribution in [1.82, 2.24) is 9.80 Å². The number of hydrogen-bond donors (Lipinski definition) is 0. The molecule has 0 N–H and O–H groups in total. The summed E-state index contributed by atoms with van der Waals surface area (Å²) >= 11 is 12.1. The van der Waals surface area contributed by atoms with E-state index in [9.17, 15) is 9.59 Å². The maximum atomic E-state index is 12.7. The number of nitrogens with zero attached hydrogens (tertiary/aromatic N) is 2. The van der Waals surface area contributed by atoms with E-state index >= 15 is 0 Å². The summed E-state index contributed by atoms with van der Waals surface area (Å²) in [7, 11) is 0. The van der Waals surface area contributed by atoms with Crippen molar-refractivity contribution >= 4 is 35.0 Å². The predicted molar refractivity (Wildman–Crippen MR) is 111 cm³/mol. The zero-order valence-electron chi connectivity index (χ0n) is 16.3. The fourth-order valence-corrected chi connectivity index (χ4v) is 4.03. The normalized spacial score (nSPS) is 16.6. The van der Waals surface area contributed by atoms with E-state index in [4.69, 9.17) is 23.2 Å². The van der Waals surface area contributed by atoms with Crippen LogP contribution in [0.2, 0.25) is 10.0 Å². The molecule has 150 valence electrons. The molecule has 1 heterocycles. The summed E-state index contributed by atoms with van der Waals surface area (Å²) in [6.45, 7) is 6.51. The molecular formula is C21H30Cl2N2O2. The molecule has 2 rings (SSSR count). The van der Waals surface area contributed by atoms with Crippen LogP contribution in [0, 0.1) is 0 Å². The van der Waals surface area contributed by atoms with Crippen molar-refractivity contribution in [2.45, 2.75) is 64.8 Å². The highest BCUT2D eigenvalue weighted by Crippen LogP contribution is 2.35. The van der Waals surface area contributed by atoms with E-state index in [1.54, 1.807) is 6.07 Å². The van der Waals surface area contributed by atoms with Gasteiger partial charge in [-0.3, -0.25) is 9.59 Å². The summed E-state index contributed by atoms with van der Waals surface area (Å²) < 4.78 is 0. The number of amides is 2. The summed E-state index contributed by atoms with van der Waals surface area (Å²) in [4.78, 5) is 28.9. The van der Waals surface area contributed by atoms with E-state index in [1.807, 2.05) is 21.9 Å². The molecule has 0 spiro atoms. The standard InChI is InChI=1S/C21H30Cl2N2O2/c1-3-12-24(13-4-2)20(26)8-5-9-21(27)25-14-6-7-19(25)16-10-11-17(22)18(23)15-16/h10-11,15,19H,3-9,12-14H2,1-2H3. The van der Waals surface area contributed by atoms with Crippen LogP contribution in [0.1, 0.15) is 70.4 Å². The van der Waals surface area contributed by atoms with Crippen molar-refractivity contribution in [3.63, 3.8) is 0 Å². The van der Waals surface area contributed by atoms with Gasteiger partial charge < -0.3 is 9.80 Å². The van der Waals surface area contributed by atoms with Crippen molar-refractivity contribution in [3.05, 3.63) is 33.8 Å². The summed E-state index contributed by atoms with van der Waals surface area (Å²) in [6, 6.07) is 5.65. The van der Waals surface area contributed by atoms with Crippen LogP contribution in [-0.4, -0.2) is 41.2 Å². The topological polar surface area (TPSA) is 40.6 Å². The van der Waals surface area contributed by atoms with Crippen LogP contribution < -0.4 is 0 Å². The molecule has 0 aromatic heterocycles. The molecule has 1 saturated heterocycles. The van der Waals surface area contributed by atoms with Crippen molar-refractivity contribution in [2.75, 3.05) is 19.6 Å². The van der Waals surface area contributed by atoms with E-state index in [2.05, 4.69) is 13.8 Å². The molecule has 2 amide bonds. The van der Waals surface area contributed by atoms with Crippen molar-refractivity contribution in [1.29, 1.82) is 0 Å². The van der Waals surface area contributed by atoms with Gasteiger partial charge in [0.1, 0.15) is 0 Å². The quantitative estimate of drug-likeness (QED) is 0.538. The van der Waals surface area contributed by atoms with Gasteiger partial charge in [0, 0.05) is 32.5 Å². The Balaban J connectivity index is 1.89. The third-order valence-corrected chi connectivity index (χ3v) is 5.76. The van der Waals surface area contributed by atoms with E-state index in [0.717, 1.165) is 50.9 Å². The number of carbonyl (C=O) groups excluding carboxylic acids is 2. The second-order valence-electron chi connectivity index (χ2n) is 7.15. The van der Waals surface area contributed by atoms with Crippen LogP contribution in [0.25, 0.3) is 0 Å². The first-order valence-corrected chi connectivity index (χ1v) is 10.8. The summed E-state index contributed by atoms with van der Waals surface area (Å²) in [5, 5.41) is 1.05. The van der Waals surface area contributed by atoms with Crippen LogP contribution in [0.5, 0.6) is 0 Å². The van der Waals surface area contributed by atoms with Crippen molar-refractivity contribution in [2.24, 2.45) is 0 Å². The Hall–Kier alpha value is -1.26. The van der Waals surface area contributed by atoms with Crippen LogP contribution >= 0.6 is 23.2 Å². The van der Waals surface area contributed by atoms with E-state index in [1.165, 1.54) is 0 Å². The van der Waals surface area contributed by atoms with Crippen LogP contribution in [0.3, 0.4) is 0 Å². The molecule has 1 aromatic rings. The molecule has 0 bridgehead atoms. The molecule has 27 heavy (non-hydrogen) atoms. The zero-order valence-corrected chi connectivity index (χ0v) is 17.9. The lowest BCUT2D eigenvalue weighted by Crippen LogP contribution is -2.33. The third kappa shape index (κ3) is 6.11. The van der Waals surface area contributed by atoms with Crippen LogP contribution in [0.15, 0.2) is 18.2 Å². The number of halogens is 2. The highest BCUT2D eigenvalue weighted by molar-refractivity contribution is 6.42. The van der Waals surface area contributed by atoms with Crippen molar-refractivity contribution < 1.29 is 9.59 Å². The number of likely N-dealkylation sites (tertiary alicyclic amines) is 1. The van der Waals surface area contributed by atoms with E-state index < -0.39 is 0 Å². The second kappa shape index (κ2) is 10.9. The Bertz CT molecular complexity index is 645. The van der Waals surface area contributed by atoms with Gasteiger partial charge in [0.15, 0.2) is 0 Å². The van der Waals surface area contributed by atoms with Gasteiger partial charge in [0.25, 0.3) is 0 Å². The SMILES string of the molecule is CCCN(CCC)C(=O)CCCC(=O)N1CCCC1c1ccc(Cl)c(Cl)c1. The number of hydrogen-bond acceptors (Lipinski definition) is 2. The van der Waals surface area contributed by atoms with E-state index in [-0.39, 0.29) is 17.9 Å². The first-order chi connectivity index (χ1) is 13.0. The highest BCUT2D eigenvalue weighted by atomic mass is 35.5. The Morgan fingerprint density at radius 3 is 2.44 bits per heavy atom. The molecule has 1 aromatic carbocycles. The van der Waals surface area contributed by atoms with Crippen LogP contribution in [0.4, 0.5) is 0 Å². The molecular weight excluding hydrogens is 383 g/mol. The van der Waals surface area contributed by atoms with Gasteiger partial charge in [-0.25, -0.2) is 0 Å². The maximum Gasteiger partial charge on any atom is 0.223 e. The zero-order chi connectivity index (χ0) is 19.8. The molecule has 1 aliphatic heterocycles. The molecule has 1 atom stereocenters. The van der Waals surface area contributed by atoms with Gasteiger partial charge in [-0.05, 0) is 49.8 Å². The highest BCUT2D eigenvalue weighted by Gasteiger charge is 2.30. The number of carbonyl (C=O) groups is 2. The average Bonchev–Trinajstić information content (AvgIpc) is 3.13. The number of benzene rings is 1. The van der Waals surface area contributed by atoms with E-state index in [0.29, 0.717) is 29.3 Å². The first kappa shape index (κ1) is 22.0. The summed E-state index contributed by atoms with van der Waals surface area (Å²) in [5.74, 6) is 0.280. The lowest BCUT2D eigenvalue weighted by Gasteiger charge is -2.26. The predicted octanol–water partition coefficient (Wildman–Crippen LogP) is 5.48. The first-order valence-electron chi connectivity index (χ1n) is 10.00. The monoisotopic (exact) mass is 412 g/mol. The lowest BCUT2D eigenvalue weighted by atomic mass is 10.0. The molecule has 6 heteroatoms. The third-order valence-electron chi connectivity index (χ3n) is 5.02. The Morgan fingerprint density at radius 2 is 1.81 bits per heavy atom. The maximum absolute atomic E-state index is 12.7. The smallest absolute Gasteiger partial charge is 0.223 e. The Labute approximate surface area is 172 Å². The molecule has 1 unspecified atom stereocenters. The molecule has 0 radical (unpaired) electrons. The second-order valence-corrected chi connectivity index (χ2v) is 7.97. The van der Waals surface area contributed by atoms with Crippen molar-refractivity contribution in [3.8, 4) is 0 Å². The lowest BCUT2D eigenvalue weighted by molar-refractivity contribution is -0.133. The Kier molecular flexibility index (Phi) is 8.91. The molecule has 0 saturated carbocycles. The fraction of sp³-hybridized carbons (Fsp3) is 0.619. The van der Waals surface area contributed by atoms with Gasteiger partial charge in [-0.1, -0.05) is 43.1 Å². The minimum absolute atomic E-state index is 0.0552. The van der Waals surface area contributed by atoms with Gasteiger partial charge >= 0.3 is 0 Å². The summed E-state index contributed by atoms with van der Waals surface area (Å²) in [5.41, 5.74) is 1.03. The molecule has 4 nitrogen and oxygen atoms in total. The largest absolute Gasteiger partial charge is 0.343 e. The van der Waals surface area contributed by atoms with Gasteiger partial charge in [0.05, 0.1) is 16.1 Å². The Morgan fingerprint density at radius 1 is 1.11 bits per heavy atom. The van der Waals surface area contributed by atoms with Gasteiger partial charge in [-0.2, -0.15) is 0 Å². The molecule has 0 aliphatic carbocycles. The molecule has 1 aliphatic rings. The minimum atomic E-state index is 0.0552. The summed E-state index contributed by atoms with van der Waals surface area (Å²) in [6.07, 6.45) is 5.30. The number of rotatable bonds is 9. The fourth-order valence-electron chi connectivity index (χ4n) is 3.73.